The number of carboxylic acid groups (broad SMARTS) is 1. The zero-order valence-corrected chi connectivity index (χ0v) is 13.3. The van der Waals surface area contributed by atoms with Gasteiger partial charge < -0.3 is 15.3 Å². The number of carboxylic acids is 1. The van der Waals surface area contributed by atoms with Crippen LogP contribution in [0.5, 0.6) is 0 Å². The zero-order valence-electron chi connectivity index (χ0n) is 12.4. The lowest BCUT2D eigenvalue weighted by Gasteiger charge is -2.20. The summed E-state index contributed by atoms with van der Waals surface area (Å²) >= 11 is 1.56. The van der Waals surface area contributed by atoms with Gasteiger partial charge in [0.05, 0.1) is 19.0 Å². The first-order valence-electron chi connectivity index (χ1n) is 7.24. The maximum absolute atomic E-state index is 12.2. The second-order valence-corrected chi connectivity index (χ2v) is 6.63. The summed E-state index contributed by atoms with van der Waals surface area (Å²) in [6, 6.07) is 3.85. The topological polar surface area (TPSA) is 86.7 Å². The predicted octanol–water partition coefficient (Wildman–Crippen LogP) is 1.32. The molecule has 22 heavy (non-hydrogen) atoms. The molecule has 7 heteroatoms. The third-order valence-corrected chi connectivity index (χ3v) is 4.80. The molecule has 2 amide bonds. The number of carbonyl (C=O) groups excluding carboxylic acids is 2. The highest BCUT2D eigenvalue weighted by Crippen LogP contribution is 2.32. The van der Waals surface area contributed by atoms with Crippen LogP contribution >= 0.6 is 11.3 Å². The van der Waals surface area contributed by atoms with Gasteiger partial charge in [0.2, 0.25) is 11.8 Å². The Morgan fingerprint density at radius 2 is 2.09 bits per heavy atom. The van der Waals surface area contributed by atoms with Gasteiger partial charge in [-0.2, -0.15) is 0 Å². The highest BCUT2D eigenvalue weighted by molar-refractivity contribution is 7.09. The van der Waals surface area contributed by atoms with Gasteiger partial charge in [-0.15, -0.1) is 11.3 Å². The van der Waals surface area contributed by atoms with Crippen LogP contribution in [0.25, 0.3) is 0 Å². The maximum Gasteiger partial charge on any atom is 0.306 e. The Labute approximate surface area is 133 Å². The monoisotopic (exact) mass is 324 g/mol. The molecule has 120 valence electrons. The molecule has 0 unspecified atom stereocenters. The molecule has 1 aliphatic carbocycles. The van der Waals surface area contributed by atoms with Crippen LogP contribution in [0.2, 0.25) is 0 Å². The first kappa shape index (κ1) is 16.5. The summed E-state index contributed by atoms with van der Waals surface area (Å²) in [5.74, 6) is -1.91. The summed E-state index contributed by atoms with van der Waals surface area (Å²) < 4.78 is 0. The van der Waals surface area contributed by atoms with Crippen LogP contribution < -0.4 is 5.32 Å². The molecular weight excluding hydrogens is 304 g/mol. The van der Waals surface area contributed by atoms with Crippen molar-refractivity contribution < 1.29 is 19.5 Å². The molecule has 0 spiro atoms. The summed E-state index contributed by atoms with van der Waals surface area (Å²) in [4.78, 5) is 37.5. The van der Waals surface area contributed by atoms with E-state index in [4.69, 9.17) is 5.11 Å². The van der Waals surface area contributed by atoms with Crippen LogP contribution in [-0.4, -0.2) is 41.4 Å². The van der Waals surface area contributed by atoms with Crippen molar-refractivity contribution in [3.8, 4) is 0 Å². The van der Waals surface area contributed by atoms with Gasteiger partial charge in [-0.3, -0.25) is 14.4 Å². The van der Waals surface area contributed by atoms with Crippen LogP contribution in [0, 0.1) is 11.8 Å². The second kappa shape index (κ2) is 7.40. The number of hydrogen-bond donors (Lipinski definition) is 2. The van der Waals surface area contributed by atoms with E-state index in [9.17, 15) is 14.4 Å². The number of likely N-dealkylation sites (N-methyl/N-ethyl adjacent to an activating group) is 1. The lowest BCUT2D eigenvalue weighted by atomic mass is 10.0. The van der Waals surface area contributed by atoms with Crippen molar-refractivity contribution in [1.29, 1.82) is 0 Å². The minimum atomic E-state index is -0.841. The first-order chi connectivity index (χ1) is 10.5. The Morgan fingerprint density at radius 3 is 2.68 bits per heavy atom. The molecule has 2 N–H and O–H groups in total. The lowest BCUT2D eigenvalue weighted by molar-refractivity contribution is -0.142. The Morgan fingerprint density at radius 1 is 1.36 bits per heavy atom. The fourth-order valence-corrected chi connectivity index (χ4v) is 3.33. The molecule has 2 atom stereocenters. The molecule has 2 rings (SSSR count). The second-order valence-electron chi connectivity index (χ2n) is 5.60. The Bertz CT molecular complexity index is 544. The molecule has 1 fully saturated rings. The quantitative estimate of drug-likeness (QED) is 0.826. The molecule has 1 saturated carbocycles. The highest BCUT2D eigenvalue weighted by Gasteiger charge is 2.35. The summed E-state index contributed by atoms with van der Waals surface area (Å²) in [6.07, 6.45) is 1.48. The van der Waals surface area contributed by atoms with E-state index in [1.165, 1.54) is 4.90 Å². The van der Waals surface area contributed by atoms with E-state index in [-0.39, 0.29) is 24.3 Å². The van der Waals surface area contributed by atoms with Gasteiger partial charge in [-0.25, -0.2) is 0 Å². The van der Waals surface area contributed by atoms with E-state index in [0.717, 1.165) is 4.88 Å². The van der Waals surface area contributed by atoms with Gasteiger partial charge in [0.1, 0.15) is 0 Å². The summed E-state index contributed by atoms with van der Waals surface area (Å²) in [5, 5.41) is 13.7. The number of nitrogens with zero attached hydrogens (tertiary/aromatic N) is 1. The highest BCUT2D eigenvalue weighted by atomic mass is 32.1. The number of rotatable bonds is 6. The van der Waals surface area contributed by atoms with Crippen LogP contribution in [0.1, 0.15) is 24.1 Å². The van der Waals surface area contributed by atoms with Gasteiger partial charge in [0.25, 0.3) is 0 Å². The molecule has 1 heterocycles. The number of amides is 2. The molecule has 1 aromatic heterocycles. The molecule has 1 aliphatic rings. The number of carbonyl (C=O) groups is 3. The van der Waals surface area contributed by atoms with Gasteiger partial charge >= 0.3 is 5.97 Å². The average Bonchev–Trinajstić information content (AvgIpc) is 3.15. The predicted molar refractivity (Wildman–Crippen MR) is 82.3 cm³/mol. The minimum absolute atomic E-state index is 0.00154. The molecule has 0 aliphatic heterocycles. The van der Waals surface area contributed by atoms with E-state index in [1.807, 2.05) is 17.5 Å². The first-order valence-corrected chi connectivity index (χ1v) is 8.12. The van der Waals surface area contributed by atoms with E-state index < -0.39 is 11.9 Å². The van der Waals surface area contributed by atoms with Gasteiger partial charge in [-0.1, -0.05) is 6.07 Å². The fourth-order valence-electron chi connectivity index (χ4n) is 2.69. The summed E-state index contributed by atoms with van der Waals surface area (Å²) in [7, 11) is 1.58. The molecular formula is C15H20N2O4S. The molecule has 1 aromatic rings. The standard InChI is InChI=1S/C15H20N2O4S/c1-17(9-13(18)16-8-12-3-2-6-22-12)14(19)10-4-5-11(7-10)15(20)21/h2-3,6,10-11H,4-5,7-9H2,1H3,(H,16,18)(H,20,21)/t10-,11+/m1/s1. The average molecular weight is 324 g/mol. The van der Waals surface area contributed by atoms with E-state index in [2.05, 4.69) is 5.32 Å². The van der Waals surface area contributed by atoms with Crippen molar-refractivity contribution in [2.24, 2.45) is 11.8 Å². The van der Waals surface area contributed by atoms with Crippen LogP contribution in [0.15, 0.2) is 17.5 Å². The molecule has 0 radical (unpaired) electrons. The van der Waals surface area contributed by atoms with Gasteiger partial charge in [0, 0.05) is 17.8 Å². The number of nitrogens with one attached hydrogen (secondary N) is 1. The third-order valence-electron chi connectivity index (χ3n) is 3.93. The fraction of sp³-hybridized carbons (Fsp3) is 0.533. The Kier molecular flexibility index (Phi) is 5.54. The largest absolute Gasteiger partial charge is 0.481 e. The van der Waals surface area contributed by atoms with Crippen molar-refractivity contribution in [3.05, 3.63) is 22.4 Å². The molecule has 0 aromatic carbocycles. The van der Waals surface area contributed by atoms with E-state index >= 15 is 0 Å². The van der Waals surface area contributed by atoms with Crippen molar-refractivity contribution in [2.45, 2.75) is 25.8 Å². The van der Waals surface area contributed by atoms with Crippen LogP contribution in [0.3, 0.4) is 0 Å². The van der Waals surface area contributed by atoms with E-state index in [1.54, 1.807) is 18.4 Å². The Balaban J connectivity index is 1.76. The molecule has 0 bridgehead atoms. The smallest absolute Gasteiger partial charge is 0.306 e. The van der Waals surface area contributed by atoms with Crippen LogP contribution in [-0.2, 0) is 20.9 Å². The van der Waals surface area contributed by atoms with Gasteiger partial charge in [-0.05, 0) is 30.7 Å². The normalized spacial score (nSPS) is 20.6. The SMILES string of the molecule is CN(CC(=O)NCc1cccs1)C(=O)[C@@H]1CC[C@H](C(=O)O)C1. The van der Waals surface area contributed by atoms with Crippen molar-refractivity contribution in [1.82, 2.24) is 10.2 Å². The van der Waals surface area contributed by atoms with Gasteiger partial charge in [0.15, 0.2) is 0 Å². The van der Waals surface area contributed by atoms with Crippen molar-refractivity contribution >= 4 is 29.1 Å². The molecule has 0 saturated heterocycles. The third kappa shape index (κ3) is 4.30. The van der Waals surface area contributed by atoms with Crippen LogP contribution in [0.4, 0.5) is 0 Å². The maximum atomic E-state index is 12.2. The zero-order chi connectivity index (χ0) is 16.1. The summed E-state index contributed by atoms with van der Waals surface area (Å²) in [5.41, 5.74) is 0. The number of hydrogen-bond acceptors (Lipinski definition) is 4. The lowest BCUT2D eigenvalue weighted by Crippen LogP contribution is -2.40. The minimum Gasteiger partial charge on any atom is -0.481 e. The van der Waals surface area contributed by atoms with E-state index in [0.29, 0.717) is 25.8 Å². The molecule has 6 nitrogen and oxygen atoms in total. The number of thiophene rings is 1. The number of aliphatic carboxylic acids is 1. The van der Waals surface area contributed by atoms with Crippen molar-refractivity contribution in [3.63, 3.8) is 0 Å². The summed E-state index contributed by atoms with van der Waals surface area (Å²) in [6.45, 7) is 0.460. The van der Waals surface area contributed by atoms with Crippen molar-refractivity contribution in [2.75, 3.05) is 13.6 Å². The Hall–Kier alpha value is -1.89.